The van der Waals surface area contributed by atoms with Crippen molar-refractivity contribution < 1.29 is 0 Å². The molecule has 1 aromatic heterocycles. The Hall–Kier alpha value is -6.19. The second-order valence-corrected chi connectivity index (χ2v) is 11.3. The van der Waals surface area contributed by atoms with Crippen LogP contribution in [-0.4, -0.2) is 15.0 Å². The second-order valence-electron chi connectivity index (χ2n) is 11.3. The van der Waals surface area contributed by atoms with Crippen molar-refractivity contribution in [3.8, 4) is 67.5 Å². The number of aromatic nitrogens is 3. The molecule has 0 saturated carbocycles. The Morgan fingerprint density at radius 1 is 0.261 bits per heavy atom. The van der Waals surface area contributed by atoms with Crippen LogP contribution in [0.2, 0.25) is 0 Å². The van der Waals surface area contributed by atoms with Crippen LogP contribution in [0.1, 0.15) is 0 Å². The summed E-state index contributed by atoms with van der Waals surface area (Å²) in [6.45, 7) is 0. The Balaban J connectivity index is 1.35. The number of fused-ring (bicyclic) bond motifs is 1. The van der Waals surface area contributed by atoms with E-state index in [1.165, 1.54) is 0 Å². The molecule has 0 aliphatic rings. The molecule has 1 heterocycles. The third kappa shape index (κ3) is 5.47. The van der Waals surface area contributed by atoms with Crippen molar-refractivity contribution in [1.82, 2.24) is 15.0 Å². The lowest BCUT2D eigenvalue weighted by Crippen LogP contribution is -2.01. The van der Waals surface area contributed by atoms with Crippen molar-refractivity contribution in [2.75, 3.05) is 0 Å². The zero-order valence-electron chi connectivity index (χ0n) is 25.1. The molecular weight excluding hydrogens is 558 g/mol. The van der Waals surface area contributed by atoms with Crippen LogP contribution in [0.4, 0.5) is 0 Å². The molecule has 216 valence electrons. The molecule has 0 aliphatic heterocycles. The molecular formula is C43H29N3. The SMILES string of the molecule is c1ccc(-c2cccc(-c3nc(-c4cccc(-c5ccccc5)c4)nc(-c4cc(-c5ccccc5)cc5ccccc45)n3)c2)cc1. The largest absolute Gasteiger partial charge is 0.208 e. The van der Waals surface area contributed by atoms with Gasteiger partial charge in [-0.3, -0.25) is 0 Å². The molecule has 0 atom stereocenters. The summed E-state index contributed by atoms with van der Waals surface area (Å²) in [7, 11) is 0. The van der Waals surface area contributed by atoms with Gasteiger partial charge in [-0.25, -0.2) is 15.0 Å². The zero-order chi connectivity index (χ0) is 30.7. The summed E-state index contributed by atoms with van der Waals surface area (Å²) < 4.78 is 0. The fraction of sp³-hybridized carbons (Fsp3) is 0. The van der Waals surface area contributed by atoms with E-state index >= 15 is 0 Å². The smallest absolute Gasteiger partial charge is 0.164 e. The first-order valence-electron chi connectivity index (χ1n) is 15.4. The highest BCUT2D eigenvalue weighted by Gasteiger charge is 2.16. The average Bonchev–Trinajstić information content (AvgIpc) is 3.15. The van der Waals surface area contributed by atoms with Gasteiger partial charge in [-0.15, -0.1) is 0 Å². The molecule has 3 heteroatoms. The molecule has 0 unspecified atom stereocenters. The molecule has 0 aliphatic carbocycles. The van der Waals surface area contributed by atoms with Gasteiger partial charge in [0, 0.05) is 16.7 Å². The van der Waals surface area contributed by atoms with E-state index in [2.05, 4.69) is 158 Å². The predicted octanol–water partition coefficient (Wildman–Crippen LogP) is 11.0. The van der Waals surface area contributed by atoms with Gasteiger partial charge in [0.15, 0.2) is 17.5 Å². The van der Waals surface area contributed by atoms with E-state index in [9.17, 15) is 0 Å². The lowest BCUT2D eigenvalue weighted by Gasteiger charge is -2.13. The normalized spacial score (nSPS) is 11.0. The van der Waals surface area contributed by atoms with Crippen molar-refractivity contribution in [3.05, 3.63) is 176 Å². The average molecular weight is 588 g/mol. The number of hydrogen-bond donors (Lipinski definition) is 0. The monoisotopic (exact) mass is 587 g/mol. The Morgan fingerprint density at radius 2 is 0.674 bits per heavy atom. The minimum absolute atomic E-state index is 0.636. The van der Waals surface area contributed by atoms with Crippen LogP contribution in [0.5, 0.6) is 0 Å². The second kappa shape index (κ2) is 12.1. The Morgan fingerprint density at radius 3 is 1.22 bits per heavy atom. The molecule has 7 aromatic carbocycles. The Kier molecular flexibility index (Phi) is 7.18. The van der Waals surface area contributed by atoms with Gasteiger partial charge < -0.3 is 0 Å². The predicted molar refractivity (Wildman–Crippen MR) is 190 cm³/mol. The highest BCUT2D eigenvalue weighted by atomic mass is 15.0. The number of benzene rings is 7. The maximum absolute atomic E-state index is 5.18. The summed E-state index contributed by atoms with van der Waals surface area (Å²) in [5.74, 6) is 1.92. The standard InChI is InChI=1S/C43H29N3/c1-4-14-30(15-5-1)33-21-12-23-36(26-33)41-44-42(37-24-13-22-34(27-37)31-16-6-2-7-17-31)46-43(45-41)40-29-38(32-18-8-3-9-19-32)28-35-20-10-11-25-39(35)40/h1-29H. The van der Waals surface area contributed by atoms with Crippen LogP contribution in [0.15, 0.2) is 176 Å². The molecule has 0 spiro atoms. The molecule has 8 aromatic rings. The van der Waals surface area contributed by atoms with Gasteiger partial charge in [0.05, 0.1) is 0 Å². The maximum Gasteiger partial charge on any atom is 0.164 e. The quantitative estimate of drug-likeness (QED) is 0.194. The Bertz CT molecular complexity index is 2190. The first-order chi connectivity index (χ1) is 22.8. The molecule has 0 saturated heterocycles. The number of rotatable bonds is 6. The summed E-state index contributed by atoms with van der Waals surface area (Å²) in [5.41, 5.74) is 9.65. The lowest BCUT2D eigenvalue weighted by molar-refractivity contribution is 1.08. The van der Waals surface area contributed by atoms with Crippen LogP contribution in [0.25, 0.3) is 78.3 Å². The highest BCUT2D eigenvalue weighted by molar-refractivity contribution is 5.99. The van der Waals surface area contributed by atoms with Crippen LogP contribution < -0.4 is 0 Å². The van der Waals surface area contributed by atoms with Gasteiger partial charge in [-0.05, 0) is 68.4 Å². The van der Waals surface area contributed by atoms with E-state index in [1.807, 2.05) is 18.2 Å². The first-order valence-corrected chi connectivity index (χ1v) is 15.4. The van der Waals surface area contributed by atoms with Gasteiger partial charge >= 0.3 is 0 Å². The molecule has 0 N–H and O–H groups in total. The van der Waals surface area contributed by atoms with Gasteiger partial charge in [0.1, 0.15) is 0 Å². The third-order valence-electron chi connectivity index (χ3n) is 8.30. The van der Waals surface area contributed by atoms with E-state index < -0.39 is 0 Å². The minimum Gasteiger partial charge on any atom is -0.208 e. The maximum atomic E-state index is 5.18. The Labute approximate surface area is 268 Å². The first kappa shape index (κ1) is 27.4. The van der Waals surface area contributed by atoms with E-state index in [0.29, 0.717) is 17.5 Å². The van der Waals surface area contributed by atoms with Gasteiger partial charge in [-0.2, -0.15) is 0 Å². The zero-order valence-corrected chi connectivity index (χ0v) is 25.1. The van der Waals surface area contributed by atoms with E-state index in [4.69, 9.17) is 15.0 Å². The van der Waals surface area contributed by atoms with Crippen molar-refractivity contribution in [1.29, 1.82) is 0 Å². The summed E-state index contributed by atoms with van der Waals surface area (Å²) in [6, 6.07) is 61.1. The lowest BCUT2D eigenvalue weighted by atomic mass is 9.96. The van der Waals surface area contributed by atoms with Crippen molar-refractivity contribution in [3.63, 3.8) is 0 Å². The molecule has 0 radical (unpaired) electrons. The highest BCUT2D eigenvalue weighted by Crippen LogP contribution is 2.35. The topological polar surface area (TPSA) is 38.7 Å². The summed E-state index contributed by atoms with van der Waals surface area (Å²) in [5, 5.41) is 2.24. The van der Waals surface area contributed by atoms with E-state index in [-0.39, 0.29) is 0 Å². The molecule has 3 nitrogen and oxygen atoms in total. The van der Waals surface area contributed by atoms with Crippen molar-refractivity contribution in [2.45, 2.75) is 0 Å². The van der Waals surface area contributed by atoms with Crippen molar-refractivity contribution >= 4 is 10.8 Å². The fourth-order valence-corrected chi connectivity index (χ4v) is 5.98. The molecule has 0 amide bonds. The van der Waals surface area contributed by atoms with Crippen LogP contribution >= 0.6 is 0 Å². The van der Waals surface area contributed by atoms with E-state index in [0.717, 1.165) is 60.8 Å². The molecule has 8 rings (SSSR count). The van der Waals surface area contributed by atoms with Crippen LogP contribution in [0.3, 0.4) is 0 Å². The van der Waals surface area contributed by atoms with Crippen molar-refractivity contribution in [2.24, 2.45) is 0 Å². The van der Waals surface area contributed by atoms with E-state index in [1.54, 1.807) is 0 Å². The summed E-state index contributed by atoms with van der Waals surface area (Å²) in [6.07, 6.45) is 0. The van der Waals surface area contributed by atoms with Crippen LogP contribution in [0, 0.1) is 0 Å². The van der Waals surface area contributed by atoms with Gasteiger partial charge in [0.25, 0.3) is 0 Å². The fourth-order valence-electron chi connectivity index (χ4n) is 5.98. The minimum atomic E-state index is 0.636. The van der Waals surface area contributed by atoms with Crippen LogP contribution in [-0.2, 0) is 0 Å². The summed E-state index contributed by atoms with van der Waals surface area (Å²) in [4.78, 5) is 15.5. The number of hydrogen-bond acceptors (Lipinski definition) is 3. The molecule has 46 heavy (non-hydrogen) atoms. The molecule has 0 fully saturated rings. The van der Waals surface area contributed by atoms with Gasteiger partial charge in [0.2, 0.25) is 0 Å². The number of nitrogens with zero attached hydrogens (tertiary/aromatic N) is 3. The molecule has 0 bridgehead atoms. The van der Waals surface area contributed by atoms with Gasteiger partial charge in [-0.1, -0.05) is 152 Å². The third-order valence-corrected chi connectivity index (χ3v) is 8.30. The summed E-state index contributed by atoms with van der Waals surface area (Å²) >= 11 is 0.